The Bertz CT molecular complexity index is 175. The molecule has 114 valence electrons. The standard InChI is InChI=1S/C18H35I/c1-2-3-4-5-6-7-8-9-10-11-12-13-14-15-16-17-18-19/h3-4H,2,5-18H2,1H3. The minimum absolute atomic E-state index is 1.19. The maximum absolute atomic E-state index is 2.48. The summed E-state index contributed by atoms with van der Waals surface area (Å²) in [4.78, 5) is 0. The van der Waals surface area contributed by atoms with Crippen molar-refractivity contribution in [2.45, 2.75) is 96.8 Å². The molecule has 0 unspecified atom stereocenters. The second-order valence-corrected chi connectivity index (χ2v) is 6.68. The molecule has 0 radical (unpaired) electrons. The van der Waals surface area contributed by atoms with Crippen molar-refractivity contribution in [2.24, 2.45) is 0 Å². The van der Waals surface area contributed by atoms with Gasteiger partial charge in [0.1, 0.15) is 0 Å². The van der Waals surface area contributed by atoms with E-state index in [0.717, 1.165) is 0 Å². The smallest absolute Gasteiger partial charge is 0.000473 e. The van der Waals surface area contributed by atoms with Gasteiger partial charge in [0.15, 0.2) is 0 Å². The molecule has 0 saturated heterocycles. The number of rotatable bonds is 15. The first-order valence-corrected chi connectivity index (χ1v) is 10.1. The van der Waals surface area contributed by atoms with E-state index in [1.54, 1.807) is 0 Å². The van der Waals surface area contributed by atoms with E-state index in [0.29, 0.717) is 0 Å². The lowest BCUT2D eigenvalue weighted by atomic mass is 10.0. The van der Waals surface area contributed by atoms with Gasteiger partial charge in [0, 0.05) is 0 Å². The van der Waals surface area contributed by atoms with Gasteiger partial charge in [0.25, 0.3) is 0 Å². The minimum atomic E-state index is 1.19. The molecule has 0 N–H and O–H groups in total. The number of hydrogen-bond acceptors (Lipinski definition) is 0. The molecule has 0 heterocycles. The van der Waals surface area contributed by atoms with Crippen LogP contribution in [-0.4, -0.2) is 4.43 Å². The highest BCUT2D eigenvalue weighted by atomic mass is 127. The Labute approximate surface area is 136 Å². The lowest BCUT2D eigenvalue weighted by Gasteiger charge is -2.02. The molecule has 0 amide bonds. The summed E-state index contributed by atoms with van der Waals surface area (Å²) in [6.07, 6.45) is 24.6. The summed E-state index contributed by atoms with van der Waals surface area (Å²) in [5, 5.41) is 0. The largest absolute Gasteiger partial charge is 0.0888 e. The molecule has 0 aromatic carbocycles. The van der Waals surface area contributed by atoms with Crippen molar-refractivity contribution in [2.75, 3.05) is 4.43 Å². The Morgan fingerprint density at radius 3 is 1.42 bits per heavy atom. The van der Waals surface area contributed by atoms with E-state index in [1.807, 2.05) is 0 Å². The third kappa shape index (κ3) is 18.5. The van der Waals surface area contributed by atoms with Crippen LogP contribution in [0.25, 0.3) is 0 Å². The number of halogens is 1. The van der Waals surface area contributed by atoms with Crippen LogP contribution in [0.2, 0.25) is 0 Å². The zero-order chi connectivity index (χ0) is 14.0. The highest BCUT2D eigenvalue weighted by Gasteiger charge is 1.93. The van der Waals surface area contributed by atoms with E-state index in [2.05, 4.69) is 41.7 Å². The fourth-order valence-corrected chi connectivity index (χ4v) is 2.95. The van der Waals surface area contributed by atoms with E-state index in [1.165, 1.54) is 94.3 Å². The van der Waals surface area contributed by atoms with Crippen LogP contribution < -0.4 is 0 Å². The zero-order valence-corrected chi connectivity index (χ0v) is 15.3. The van der Waals surface area contributed by atoms with E-state index in [9.17, 15) is 0 Å². The maximum Gasteiger partial charge on any atom is -0.000473 e. The summed E-state index contributed by atoms with van der Waals surface area (Å²) in [7, 11) is 0. The lowest BCUT2D eigenvalue weighted by Crippen LogP contribution is -1.83. The van der Waals surface area contributed by atoms with E-state index >= 15 is 0 Å². The Hall–Kier alpha value is 0.470. The molecule has 0 aliphatic heterocycles. The Morgan fingerprint density at radius 1 is 0.579 bits per heavy atom. The number of hydrogen-bond donors (Lipinski definition) is 0. The van der Waals surface area contributed by atoms with Crippen molar-refractivity contribution < 1.29 is 0 Å². The third-order valence-corrected chi connectivity index (χ3v) is 4.42. The zero-order valence-electron chi connectivity index (χ0n) is 13.1. The van der Waals surface area contributed by atoms with Crippen LogP contribution in [0.15, 0.2) is 12.2 Å². The van der Waals surface area contributed by atoms with Gasteiger partial charge in [0.05, 0.1) is 0 Å². The molecule has 0 saturated carbocycles. The van der Waals surface area contributed by atoms with Gasteiger partial charge in [-0.3, -0.25) is 0 Å². The van der Waals surface area contributed by atoms with Gasteiger partial charge in [-0.2, -0.15) is 0 Å². The molecule has 0 aromatic heterocycles. The van der Waals surface area contributed by atoms with Crippen molar-refractivity contribution in [1.82, 2.24) is 0 Å². The van der Waals surface area contributed by atoms with Crippen LogP contribution in [-0.2, 0) is 0 Å². The van der Waals surface area contributed by atoms with E-state index in [4.69, 9.17) is 0 Å². The summed E-state index contributed by atoms with van der Waals surface area (Å²) >= 11 is 2.48. The first-order chi connectivity index (χ1) is 9.41. The second-order valence-electron chi connectivity index (χ2n) is 5.60. The average Bonchev–Trinajstić information content (AvgIpc) is 2.43. The SMILES string of the molecule is CCC=CCCCCCCCCCCCCCCI. The Balaban J connectivity index is 2.93. The van der Waals surface area contributed by atoms with Crippen LogP contribution in [0.5, 0.6) is 0 Å². The van der Waals surface area contributed by atoms with Crippen LogP contribution in [0.1, 0.15) is 96.8 Å². The number of alkyl halides is 1. The monoisotopic (exact) mass is 378 g/mol. The van der Waals surface area contributed by atoms with Crippen LogP contribution in [0.4, 0.5) is 0 Å². The van der Waals surface area contributed by atoms with Crippen molar-refractivity contribution in [1.29, 1.82) is 0 Å². The van der Waals surface area contributed by atoms with Crippen LogP contribution in [0.3, 0.4) is 0 Å². The van der Waals surface area contributed by atoms with Gasteiger partial charge in [0.2, 0.25) is 0 Å². The molecular formula is C18H35I. The Morgan fingerprint density at radius 2 is 1.00 bits per heavy atom. The molecule has 19 heavy (non-hydrogen) atoms. The third-order valence-electron chi connectivity index (χ3n) is 3.66. The quantitative estimate of drug-likeness (QED) is 0.120. The summed E-state index contributed by atoms with van der Waals surface area (Å²) < 4.78 is 1.34. The molecular weight excluding hydrogens is 343 g/mol. The molecule has 0 aliphatic rings. The molecule has 0 nitrogen and oxygen atoms in total. The molecule has 0 fully saturated rings. The molecule has 0 rings (SSSR count). The summed E-state index contributed by atoms with van der Waals surface area (Å²) in [5.41, 5.74) is 0. The molecule has 0 atom stereocenters. The normalized spacial score (nSPS) is 11.5. The molecule has 0 bridgehead atoms. The van der Waals surface area contributed by atoms with Crippen LogP contribution in [0, 0.1) is 0 Å². The average molecular weight is 378 g/mol. The molecule has 0 aliphatic carbocycles. The molecule has 0 aromatic rings. The van der Waals surface area contributed by atoms with Crippen LogP contribution >= 0.6 is 22.6 Å². The van der Waals surface area contributed by atoms with Crippen molar-refractivity contribution in [3.05, 3.63) is 12.2 Å². The van der Waals surface area contributed by atoms with Crippen molar-refractivity contribution in [3.8, 4) is 0 Å². The lowest BCUT2D eigenvalue weighted by molar-refractivity contribution is 0.545. The fourth-order valence-electron chi connectivity index (χ4n) is 2.41. The fraction of sp³-hybridized carbons (Fsp3) is 0.889. The van der Waals surface area contributed by atoms with Gasteiger partial charge >= 0.3 is 0 Å². The minimum Gasteiger partial charge on any atom is -0.0888 e. The first-order valence-electron chi connectivity index (χ1n) is 8.62. The highest BCUT2D eigenvalue weighted by molar-refractivity contribution is 14.1. The molecule has 0 spiro atoms. The van der Waals surface area contributed by atoms with E-state index < -0.39 is 0 Å². The van der Waals surface area contributed by atoms with Gasteiger partial charge in [-0.05, 0) is 30.1 Å². The first kappa shape index (κ1) is 19.5. The molecule has 1 heteroatoms. The number of allylic oxidation sites excluding steroid dienone is 2. The van der Waals surface area contributed by atoms with Gasteiger partial charge in [-0.15, -0.1) is 0 Å². The van der Waals surface area contributed by atoms with Gasteiger partial charge in [-0.25, -0.2) is 0 Å². The van der Waals surface area contributed by atoms with Gasteiger partial charge in [-0.1, -0.05) is 106 Å². The summed E-state index contributed by atoms with van der Waals surface area (Å²) in [5.74, 6) is 0. The highest BCUT2D eigenvalue weighted by Crippen LogP contribution is 2.12. The summed E-state index contributed by atoms with van der Waals surface area (Å²) in [6.45, 7) is 2.21. The maximum atomic E-state index is 2.48. The van der Waals surface area contributed by atoms with Crippen molar-refractivity contribution >= 4 is 22.6 Å². The summed E-state index contributed by atoms with van der Waals surface area (Å²) in [6, 6.07) is 0. The predicted octanol–water partition coefficient (Wildman–Crippen LogP) is 7.46. The van der Waals surface area contributed by atoms with Crippen molar-refractivity contribution in [3.63, 3.8) is 0 Å². The van der Waals surface area contributed by atoms with E-state index in [-0.39, 0.29) is 0 Å². The second kappa shape index (κ2) is 18.5. The number of unbranched alkanes of at least 4 members (excludes halogenated alkanes) is 12. The topological polar surface area (TPSA) is 0 Å². The predicted molar refractivity (Wildman–Crippen MR) is 98.3 cm³/mol. The Kier molecular flexibility index (Phi) is 18.9. The van der Waals surface area contributed by atoms with Gasteiger partial charge < -0.3 is 0 Å².